The first-order valence-corrected chi connectivity index (χ1v) is 10.8. The van der Waals surface area contributed by atoms with Gasteiger partial charge in [0.2, 0.25) is 6.79 Å². The van der Waals surface area contributed by atoms with Crippen molar-refractivity contribution in [3.8, 4) is 11.5 Å². The Hall–Kier alpha value is -2.32. The fraction of sp³-hybridized carbons (Fsp3) is 0.636. The SMILES string of the molecule is CC(C)CC[C@]1(C)NC(=O)N(CN2CCN(Cc3ccc4c(c3)OCO4)CC2)C1=O. The molecule has 1 atom stereocenters. The lowest BCUT2D eigenvalue weighted by atomic mass is 9.92. The van der Waals surface area contributed by atoms with Gasteiger partial charge in [-0.25, -0.2) is 9.69 Å². The van der Waals surface area contributed by atoms with Crippen LogP contribution in [0.3, 0.4) is 0 Å². The minimum absolute atomic E-state index is 0.101. The maximum atomic E-state index is 12.9. The summed E-state index contributed by atoms with van der Waals surface area (Å²) in [5, 5.41) is 2.92. The number of fused-ring (bicyclic) bond motifs is 1. The number of carbonyl (C=O) groups excluding carboxylic acids is 2. The van der Waals surface area contributed by atoms with Crippen molar-refractivity contribution >= 4 is 11.9 Å². The summed E-state index contributed by atoms with van der Waals surface area (Å²) in [6.07, 6.45) is 1.59. The number of rotatable bonds is 7. The Labute approximate surface area is 178 Å². The average Bonchev–Trinajstić information content (AvgIpc) is 3.26. The van der Waals surface area contributed by atoms with Crippen LogP contribution in [0.15, 0.2) is 18.2 Å². The van der Waals surface area contributed by atoms with E-state index in [4.69, 9.17) is 9.47 Å². The fourth-order valence-corrected chi connectivity index (χ4v) is 4.21. The molecule has 0 unspecified atom stereocenters. The van der Waals surface area contributed by atoms with Gasteiger partial charge in [0, 0.05) is 32.7 Å². The first-order valence-electron chi connectivity index (χ1n) is 10.8. The largest absolute Gasteiger partial charge is 0.454 e. The van der Waals surface area contributed by atoms with Crippen LogP contribution in [0.4, 0.5) is 4.79 Å². The van der Waals surface area contributed by atoms with Crippen LogP contribution >= 0.6 is 0 Å². The molecular formula is C22H32N4O4. The van der Waals surface area contributed by atoms with E-state index < -0.39 is 5.54 Å². The van der Waals surface area contributed by atoms with Gasteiger partial charge in [-0.15, -0.1) is 0 Å². The molecule has 2 fully saturated rings. The van der Waals surface area contributed by atoms with Crippen molar-refractivity contribution in [1.29, 1.82) is 0 Å². The maximum Gasteiger partial charge on any atom is 0.326 e. The predicted molar refractivity (Wildman–Crippen MR) is 112 cm³/mol. The second-order valence-corrected chi connectivity index (χ2v) is 9.15. The number of carbonyl (C=O) groups is 2. The number of amides is 3. The quantitative estimate of drug-likeness (QED) is 0.687. The van der Waals surface area contributed by atoms with Gasteiger partial charge in [0.1, 0.15) is 5.54 Å². The molecule has 30 heavy (non-hydrogen) atoms. The van der Waals surface area contributed by atoms with Gasteiger partial charge in [0.15, 0.2) is 11.5 Å². The van der Waals surface area contributed by atoms with Gasteiger partial charge in [-0.3, -0.25) is 14.6 Å². The van der Waals surface area contributed by atoms with Crippen molar-refractivity contribution in [3.63, 3.8) is 0 Å². The van der Waals surface area contributed by atoms with E-state index in [0.29, 0.717) is 19.0 Å². The molecule has 1 aromatic carbocycles. The van der Waals surface area contributed by atoms with Crippen LogP contribution in [0.1, 0.15) is 39.2 Å². The minimum Gasteiger partial charge on any atom is -0.454 e. The number of piperazine rings is 1. The summed E-state index contributed by atoms with van der Waals surface area (Å²) in [5.74, 6) is 2.01. The lowest BCUT2D eigenvalue weighted by molar-refractivity contribution is -0.132. The molecule has 8 heteroatoms. The van der Waals surface area contributed by atoms with Crippen molar-refractivity contribution < 1.29 is 19.1 Å². The van der Waals surface area contributed by atoms with Gasteiger partial charge in [0.25, 0.3) is 5.91 Å². The zero-order chi connectivity index (χ0) is 21.3. The average molecular weight is 417 g/mol. The topological polar surface area (TPSA) is 74.4 Å². The van der Waals surface area contributed by atoms with Gasteiger partial charge in [-0.1, -0.05) is 19.9 Å². The molecule has 0 bridgehead atoms. The molecule has 0 saturated carbocycles. The fourth-order valence-electron chi connectivity index (χ4n) is 4.21. The van der Waals surface area contributed by atoms with Crippen LogP contribution in [0.5, 0.6) is 11.5 Å². The lowest BCUT2D eigenvalue weighted by Gasteiger charge is -2.36. The van der Waals surface area contributed by atoms with E-state index in [-0.39, 0.29) is 18.7 Å². The molecule has 3 amide bonds. The van der Waals surface area contributed by atoms with Crippen LogP contribution < -0.4 is 14.8 Å². The summed E-state index contributed by atoms with van der Waals surface area (Å²) >= 11 is 0. The van der Waals surface area contributed by atoms with E-state index in [0.717, 1.165) is 50.6 Å². The van der Waals surface area contributed by atoms with Crippen molar-refractivity contribution in [2.24, 2.45) is 5.92 Å². The third-order valence-corrected chi connectivity index (χ3v) is 6.22. The Morgan fingerprint density at radius 2 is 1.77 bits per heavy atom. The molecule has 1 aromatic rings. The predicted octanol–water partition coefficient (Wildman–Crippen LogP) is 2.24. The molecule has 3 heterocycles. The number of nitrogens with zero attached hydrogens (tertiary/aromatic N) is 3. The molecule has 0 aromatic heterocycles. The Morgan fingerprint density at radius 1 is 1.07 bits per heavy atom. The summed E-state index contributed by atoms with van der Waals surface area (Å²) in [6.45, 7) is 11.0. The Bertz CT molecular complexity index is 806. The van der Waals surface area contributed by atoms with Crippen molar-refractivity contribution in [1.82, 2.24) is 20.0 Å². The van der Waals surface area contributed by atoms with Crippen molar-refractivity contribution in [2.45, 2.75) is 45.7 Å². The molecule has 0 aliphatic carbocycles. The molecule has 4 rings (SSSR count). The van der Waals surface area contributed by atoms with Crippen LogP contribution in [0, 0.1) is 5.92 Å². The summed E-state index contributed by atoms with van der Waals surface area (Å²) in [5.41, 5.74) is 0.422. The number of ether oxygens (including phenoxy) is 2. The first kappa shape index (κ1) is 20.9. The molecule has 164 valence electrons. The van der Waals surface area contributed by atoms with E-state index in [2.05, 4.69) is 35.0 Å². The molecule has 3 aliphatic rings. The van der Waals surface area contributed by atoms with Crippen LogP contribution in [-0.4, -0.2) is 71.8 Å². The van der Waals surface area contributed by atoms with Gasteiger partial charge in [-0.2, -0.15) is 0 Å². The molecule has 3 aliphatic heterocycles. The van der Waals surface area contributed by atoms with E-state index in [1.54, 1.807) is 0 Å². The smallest absolute Gasteiger partial charge is 0.326 e. The molecule has 0 spiro atoms. The molecule has 0 radical (unpaired) electrons. The first-order chi connectivity index (χ1) is 14.3. The van der Waals surface area contributed by atoms with Crippen LogP contribution in [0.25, 0.3) is 0 Å². The molecule has 2 saturated heterocycles. The summed E-state index contributed by atoms with van der Waals surface area (Å²) in [6, 6.07) is 5.81. The van der Waals surface area contributed by atoms with E-state index in [1.165, 1.54) is 10.5 Å². The second kappa shape index (κ2) is 8.43. The molecule has 1 N–H and O–H groups in total. The number of imide groups is 1. The van der Waals surface area contributed by atoms with Gasteiger partial charge in [0.05, 0.1) is 6.67 Å². The number of benzene rings is 1. The normalized spacial score (nSPS) is 24.7. The van der Waals surface area contributed by atoms with Gasteiger partial charge >= 0.3 is 6.03 Å². The summed E-state index contributed by atoms with van der Waals surface area (Å²) < 4.78 is 10.8. The number of urea groups is 1. The Balaban J connectivity index is 1.27. The van der Waals surface area contributed by atoms with E-state index >= 15 is 0 Å². The zero-order valence-corrected chi connectivity index (χ0v) is 18.1. The van der Waals surface area contributed by atoms with Crippen molar-refractivity contribution in [2.75, 3.05) is 39.6 Å². The number of hydrogen-bond acceptors (Lipinski definition) is 6. The maximum absolute atomic E-state index is 12.9. The Morgan fingerprint density at radius 3 is 2.50 bits per heavy atom. The summed E-state index contributed by atoms with van der Waals surface area (Å²) in [4.78, 5) is 31.3. The minimum atomic E-state index is -0.775. The highest BCUT2D eigenvalue weighted by atomic mass is 16.7. The molecular weight excluding hydrogens is 384 g/mol. The van der Waals surface area contributed by atoms with Crippen LogP contribution in [-0.2, 0) is 11.3 Å². The third kappa shape index (κ3) is 4.39. The lowest BCUT2D eigenvalue weighted by Crippen LogP contribution is -2.51. The second-order valence-electron chi connectivity index (χ2n) is 9.15. The standard InChI is InChI=1S/C22H32N4O4/c1-16(2)6-7-22(3)20(27)26(21(28)23-22)14-25-10-8-24(9-11-25)13-17-4-5-18-19(12-17)30-15-29-18/h4-5,12,16H,6-11,13-15H2,1-3H3,(H,23,28)/t22-/m0/s1. The van der Waals surface area contributed by atoms with E-state index in [9.17, 15) is 9.59 Å². The highest BCUT2D eigenvalue weighted by Crippen LogP contribution is 2.33. The van der Waals surface area contributed by atoms with Crippen molar-refractivity contribution in [3.05, 3.63) is 23.8 Å². The molecule has 8 nitrogen and oxygen atoms in total. The highest BCUT2D eigenvalue weighted by molar-refractivity contribution is 6.06. The Kier molecular flexibility index (Phi) is 5.88. The zero-order valence-electron chi connectivity index (χ0n) is 18.1. The monoisotopic (exact) mass is 416 g/mol. The summed E-state index contributed by atoms with van der Waals surface area (Å²) in [7, 11) is 0. The van der Waals surface area contributed by atoms with Gasteiger partial charge < -0.3 is 14.8 Å². The van der Waals surface area contributed by atoms with Crippen LogP contribution in [0.2, 0.25) is 0 Å². The third-order valence-electron chi connectivity index (χ3n) is 6.22. The van der Waals surface area contributed by atoms with E-state index in [1.807, 2.05) is 19.1 Å². The van der Waals surface area contributed by atoms with Gasteiger partial charge in [-0.05, 0) is 43.4 Å². The number of hydrogen-bond donors (Lipinski definition) is 1. The number of nitrogens with one attached hydrogen (secondary N) is 1. The highest BCUT2D eigenvalue weighted by Gasteiger charge is 2.47.